The largest absolute Gasteiger partial charge is 0.271 e. The summed E-state index contributed by atoms with van der Waals surface area (Å²) in [6, 6.07) is 4.22. The van der Waals surface area contributed by atoms with Gasteiger partial charge in [0.25, 0.3) is 0 Å². The maximum atomic E-state index is 13.3. The number of nitrogens with zero attached hydrogens (tertiary/aromatic N) is 2. The molecule has 17 heavy (non-hydrogen) atoms. The van der Waals surface area contributed by atoms with Crippen LogP contribution in [0.3, 0.4) is 0 Å². The fourth-order valence-electron chi connectivity index (χ4n) is 1.72. The minimum atomic E-state index is -0.362. The van der Waals surface area contributed by atoms with Gasteiger partial charge in [0, 0.05) is 12.4 Å². The first kappa shape index (κ1) is 11.6. The van der Waals surface area contributed by atoms with Gasteiger partial charge in [0.2, 0.25) is 0 Å². The quantitative estimate of drug-likeness (QED) is 0.621. The summed E-state index contributed by atoms with van der Waals surface area (Å²) < 4.78 is 13.3. The molecule has 0 bridgehead atoms. The second kappa shape index (κ2) is 4.99. The molecule has 2 rings (SSSR count). The van der Waals surface area contributed by atoms with Crippen molar-refractivity contribution < 1.29 is 4.39 Å². The van der Waals surface area contributed by atoms with E-state index in [-0.39, 0.29) is 11.9 Å². The fraction of sp³-hybridized carbons (Fsp3) is 0.167. The number of rotatable bonds is 3. The normalized spacial score (nSPS) is 12.4. The Morgan fingerprint density at radius 1 is 1.35 bits per heavy atom. The van der Waals surface area contributed by atoms with Gasteiger partial charge < -0.3 is 0 Å². The average molecular weight is 232 g/mol. The van der Waals surface area contributed by atoms with Crippen molar-refractivity contribution in [3.05, 3.63) is 59.4 Å². The smallest absolute Gasteiger partial charge is 0.123 e. The Morgan fingerprint density at radius 2 is 2.18 bits per heavy atom. The van der Waals surface area contributed by atoms with Crippen LogP contribution in [-0.2, 0) is 0 Å². The molecule has 0 fully saturated rings. The fourth-order valence-corrected chi connectivity index (χ4v) is 1.72. The van der Waals surface area contributed by atoms with E-state index >= 15 is 0 Å². The number of aryl methyl sites for hydroxylation is 1. The van der Waals surface area contributed by atoms with Crippen molar-refractivity contribution >= 4 is 0 Å². The third-order valence-electron chi connectivity index (χ3n) is 2.60. The number of halogens is 1. The van der Waals surface area contributed by atoms with Gasteiger partial charge in [-0.3, -0.25) is 15.8 Å². The van der Waals surface area contributed by atoms with Crippen molar-refractivity contribution in [1.82, 2.24) is 15.4 Å². The summed E-state index contributed by atoms with van der Waals surface area (Å²) >= 11 is 0. The van der Waals surface area contributed by atoms with Gasteiger partial charge in [0.05, 0.1) is 17.9 Å². The van der Waals surface area contributed by atoms with Crippen LogP contribution < -0.4 is 11.3 Å². The Labute approximate surface area is 98.7 Å². The van der Waals surface area contributed by atoms with Crippen molar-refractivity contribution in [3.63, 3.8) is 0 Å². The summed E-state index contributed by atoms with van der Waals surface area (Å²) in [6.07, 6.45) is 4.76. The Kier molecular flexibility index (Phi) is 3.41. The lowest BCUT2D eigenvalue weighted by Gasteiger charge is -2.17. The highest BCUT2D eigenvalue weighted by molar-refractivity contribution is 5.34. The highest BCUT2D eigenvalue weighted by Crippen LogP contribution is 2.22. The minimum Gasteiger partial charge on any atom is -0.271 e. The van der Waals surface area contributed by atoms with E-state index in [0.717, 1.165) is 11.1 Å². The molecule has 0 aliphatic rings. The molecule has 0 radical (unpaired) electrons. The molecule has 1 unspecified atom stereocenters. The zero-order valence-electron chi connectivity index (χ0n) is 9.39. The molecule has 1 heterocycles. The molecule has 1 atom stereocenters. The molecule has 1 aromatic heterocycles. The number of benzene rings is 1. The summed E-state index contributed by atoms with van der Waals surface area (Å²) in [5.74, 6) is 5.22. The van der Waals surface area contributed by atoms with Crippen molar-refractivity contribution in [2.24, 2.45) is 5.84 Å². The molecule has 0 saturated carbocycles. The van der Waals surface area contributed by atoms with E-state index < -0.39 is 0 Å². The predicted octanol–water partition coefficient (Wildman–Crippen LogP) is 1.48. The number of hydrazine groups is 1. The molecule has 88 valence electrons. The first-order valence-corrected chi connectivity index (χ1v) is 5.20. The van der Waals surface area contributed by atoms with E-state index in [0.29, 0.717) is 5.69 Å². The van der Waals surface area contributed by atoms with E-state index in [1.165, 1.54) is 12.1 Å². The number of nitrogens with one attached hydrogen (secondary N) is 1. The standard InChI is InChI=1S/C12H13FN4/c1-8-2-3-9(13)6-10(8)12(17-14)11-7-15-4-5-16-11/h2-7,12,17H,14H2,1H3. The molecule has 0 spiro atoms. The van der Waals surface area contributed by atoms with Gasteiger partial charge in [-0.2, -0.15) is 0 Å². The Hall–Kier alpha value is -1.85. The average Bonchev–Trinajstić information content (AvgIpc) is 2.36. The molecule has 1 aromatic carbocycles. The molecule has 5 heteroatoms. The van der Waals surface area contributed by atoms with Crippen LogP contribution in [0.1, 0.15) is 22.9 Å². The van der Waals surface area contributed by atoms with Crippen LogP contribution in [-0.4, -0.2) is 9.97 Å². The summed E-state index contributed by atoms with van der Waals surface area (Å²) in [7, 11) is 0. The second-order valence-corrected chi connectivity index (χ2v) is 3.73. The summed E-state index contributed by atoms with van der Waals surface area (Å²) in [5.41, 5.74) is 4.99. The monoisotopic (exact) mass is 232 g/mol. The second-order valence-electron chi connectivity index (χ2n) is 3.73. The summed E-state index contributed by atoms with van der Waals surface area (Å²) in [5, 5.41) is 0. The van der Waals surface area contributed by atoms with Crippen LogP contribution in [0.5, 0.6) is 0 Å². The maximum absolute atomic E-state index is 13.3. The summed E-state index contributed by atoms with van der Waals surface area (Å²) in [4.78, 5) is 8.15. The van der Waals surface area contributed by atoms with Crippen LogP contribution in [0.4, 0.5) is 4.39 Å². The van der Waals surface area contributed by atoms with Gasteiger partial charge in [-0.25, -0.2) is 9.82 Å². The van der Waals surface area contributed by atoms with E-state index in [9.17, 15) is 4.39 Å². The van der Waals surface area contributed by atoms with E-state index in [1.807, 2.05) is 6.92 Å². The lowest BCUT2D eigenvalue weighted by atomic mass is 9.99. The molecule has 3 N–H and O–H groups in total. The molecular formula is C12H13FN4. The van der Waals surface area contributed by atoms with Gasteiger partial charge in [0.15, 0.2) is 0 Å². The number of aromatic nitrogens is 2. The van der Waals surface area contributed by atoms with Gasteiger partial charge in [0.1, 0.15) is 5.82 Å². The topological polar surface area (TPSA) is 63.8 Å². The van der Waals surface area contributed by atoms with Gasteiger partial charge in [-0.05, 0) is 30.2 Å². The Bertz CT molecular complexity index is 501. The van der Waals surface area contributed by atoms with E-state index in [2.05, 4.69) is 15.4 Å². The molecule has 4 nitrogen and oxygen atoms in total. The van der Waals surface area contributed by atoms with Crippen LogP contribution in [0.2, 0.25) is 0 Å². The van der Waals surface area contributed by atoms with E-state index in [1.54, 1.807) is 24.7 Å². The molecule has 0 aliphatic heterocycles. The zero-order valence-corrected chi connectivity index (χ0v) is 9.39. The van der Waals surface area contributed by atoms with Crippen molar-refractivity contribution in [2.45, 2.75) is 13.0 Å². The van der Waals surface area contributed by atoms with Crippen molar-refractivity contribution in [1.29, 1.82) is 0 Å². The first-order chi connectivity index (χ1) is 8.22. The maximum Gasteiger partial charge on any atom is 0.123 e. The molecule has 2 aromatic rings. The Balaban J connectivity index is 2.46. The van der Waals surface area contributed by atoms with Crippen molar-refractivity contribution in [2.75, 3.05) is 0 Å². The molecule has 0 aliphatic carbocycles. The van der Waals surface area contributed by atoms with Crippen molar-refractivity contribution in [3.8, 4) is 0 Å². The third-order valence-corrected chi connectivity index (χ3v) is 2.60. The highest BCUT2D eigenvalue weighted by Gasteiger charge is 2.16. The molecule has 0 amide bonds. The van der Waals surface area contributed by atoms with Gasteiger partial charge in [-0.1, -0.05) is 6.07 Å². The van der Waals surface area contributed by atoms with Crippen LogP contribution in [0.15, 0.2) is 36.8 Å². The number of hydrogen-bond donors (Lipinski definition) is 2. The van der Waals surface area contributed by atoms with Gasteiger partial charge >= 0.3 is 0 Å². The molecular weight excluding hydrogens is 219 g/mol. The lowest BCUT2D eigenvalue weighted by Crippen LogP contribution is -2.30. The predicted molar refractivity (Wildman–Crippen MR) is 62.3 cm³/mol. The zero-order chi connectivity index (χ0) is 12.3. The van der Waals surface area contributed by atoms with E-state index in [4.69, 9.17) is 5.84 Å². The first-order valence-electron chi connectivity index (χ1n) is 5.20. The van der Waals surface area contributed by atoms with Crippen LogP contribution in [0.25, 0.3) is 0 Å². The summed E-state index contributed by atoms with van der Waals surface area (Å²) in [6.45, 7) is 1.90. The highest BCUT2D eigenvalue weighted by atomic mass is 19.1. The van der Waals surface area contributed by atoms with Crippen LogP contribution >= 0.6 is 0 Å². The van der Waals surface area contributed by atoms with Crippen LogP contribution in [0, 0.1) is 12.7 Å². The Morgan fingerprint density at radius 3 is 2.82 bits per heavy atom. The number of nitrogens with two attached hydrogens (primary N) is 1. The van der Waals surface area contributed by atoms with Gasteiger partial charge in [-0.15, -0.1) is 0 Å². The minimum absolute atomic E-state index is 0.297. The third kappa shape index (κ3) is 2.46. The number of hydrogen-bond acceptors (Lipinski definition) is 4. The molecule has 0 saturated heterocycles. The SMILES string of the molecule is Cc1ccc(F)cc1C(NN)c1cnccn1. The lowest BCUT2D eigenvalue weighted by molar-refractivity contribution is 0.593.